The van der Waals surface area contributed by atoms with Crippen LogP contribution >= 0.6 is 0 Å². The second-order valence-electron chi connectivity index (χ2n) is 5.29. The number of pyridine rings is 1. The Morgan fingerprint density at radius 1 is 1.40 bits per heavy atom. The van der Waals surface area contributed by atoms with E-state index >= 15 is 0 Å². The lowest BCUT2D eigenvalue weighted by Gasteiger charge is -2.30. The molecule has 5 nitrogen and oxygen atoms in total. The van der Waals surface area contributed by atoms with Crippen LogP contribution in [0.25, 0.3) is 5.52 Å². The molecular formula is C15H19N3O2. The molecule has 1 aliphatic heterocycles. The van der Waals surface area contributed by atoms with Gasteiger partial charge in [-0.3, -0.25) is 0 Å². The number of hydrogen-bond acceptors (Lipinski definition) is 3. The highest BCUT2D eigenvalue weighted by Crippen LogP contribution is 2.29. The average Bonchev–Trinajstić information content (AvgIpc) is 2.87. The third-order valence-electron chi connectivity index (χ3n) is 4.18. The molecule has 20 heavy (non-hydrogen) atoms. The van der Waals surface area contributed by atoms with Crippen molar-refractivity contribution in [2.24, 2.45) is 0 Å². The number of carbonyl (C=O) groups is 1. The summed E-state index contributed by atoms with van der Waals surface area (Å²) < 4.78 is 1.94. The molecule has 0 atom stereocenters. The Morgan fingerprint density at radius 2 is 2.15 bits per heavy atom. The number of fused-ring (bicyclic) bond motifs is 1. The minimum absolute atomic E-state index is 0.165. The maximum atomic E-state index is 11.3. The molecule has 1 N–H and O–H groups in total. The van der Waals surface area contributed by atoms with Gasteiger partial charge in [0, 0.05) is 12.1 Å². The van der Waals surface area contributed by atoms with Gasteiger partial charge in [-0.15, -0.1) is 0 Å². The van der Waals surface area contributed by atoms with Crippen molar-refractivity contribution in [3.63, 3.8) is 0 Å². The Labute approximate surface area is 117 Å². The fourth-order valence-electron chi connectivity index (χ4n) is 3.01. The van der Waals surface area contributed by atoms with Gasteiger partial charge in [-0.25, -0.2) is 9.78 Å². The van der Waals surface area contributed by atoms with Gasteiger partial charge in [0.05, 0.1) is 5.52 Å². The Kier molecular flexibility index (Phi) is 3.44. The number of likely N-dealkylation sites (tertiary alicyclic amines) is 1. The summed E-state index contributed by atoms with van der Waals surface area (Å²) in [6, 6.07) is 5.60. The van der Waals surface area contributed by atoms with Gasteiger partial charge in [0.1, 0.15) is 5.82 Å². The van der Waals surface area contributed by atoms with Crippen molar-refractivity contribution in [1.29, 1.82) is 0 Å². The van der Waals surface area contributed by atoms with Gasteiger partial charge in [-0.2, -0.15) is 0 Å². The van der Waals surface area contributed by atoms with Crippen LogP contribution in [0.4, 0.5) is 0 Å². The summed E-state index contributed by atoms with van der Waals surface area (Å²) in [5.74, 6) is 0.292. The van der Waals surface area contributed by atoms with Crippen molar-refractivity contribution < 1.29 is 9.90 Å². The molecular weight excluding hydrogens is 254 g/mol. The summed E-state index contributed by atoms with van der Waals surface area (Å²) in [5, 5.41) is 9.29. The van der Waals surface area contributed by atoms with Crippen molar-refractivity contribution in [1.82, 2.24) is 14.3 Å². The minimum atomic E-state index is -0.953. The van der Waals surface area contributed by atoms with Gasteiger partial charge in [-0.1, -0.05) is 13.0 Å². The first-order valence-corrected chi connectivity index (χ1v) is 7.13. The van der Waals surface area contributed by atoms with Crippen LogP contribution < -0.4 is 0 Å². The molecule has 0 aliphatic carbocycles. The molecule has 3 rings (SSSR count). The highest BCUT2D eigenvalue weighted by molar-refractivity contribution is 5.93. The van der Waals surface area contributed by atoms with Crippen molar-refractivity contribution in [2.45, 2.75) is 25.7 Å². The van der Waals surface area contributed by atoms with Crippen LogP contribution in [0.5, 0.6) is 0 Å². The van der Waals surface area contributed by atoms with E-state index in [0.717, 1.165) is 38.3 Å². The highest BCUT2D eigenvalue weighted by atomic mass is 16.4. The van der Waals surface area contributed by atoms with E-state index in [1.165, 1.54) is 0 Å². The van der Waals surface area contributed by atoms with Crippen LogP contribution in [0.1, 0.15) is 42.0 Å². The van der Waals surface area contributed by atoms with Crippen molar-refractivity contribution in [3.05, 3.63) is 35.9 Å². The Hall–Kier alpha value is -1.88. The zero-order valence-corrected chi connectivity index (χ0v) is 11.6. The molecule has 0 saturated carbocycles. The number of piperidine rings is 1. The fourth-order valence-corrected chi connectivity index (χ4v) is 3.01. The maximum Gasteiger partial charge on any atom is 0.356 e. The number of rotatable bonds is 3. The monoisotopic (exact) mass is 273 g/mol. The quantitative estimate of drug-likeness (QED) is 0.931. The summed E-state index contributed by atoms with van der Waals surface area (Å²) in [6.07, 6.45) is 4.00. The molecule has 0 spiro atoms. The van der Waals surface area contributed by atoms with Crippen molar-refractivity contribution in [3.8, 4) is 0 Å². The Morgan fingerprint density at radius 3 is 2.80 bits per heavy atom. The third kappa shape index (κ3) is 2.18. The molecule has 0 amide bonds. The number of nitrogens with zero attached hydrogens (tertiary/aromatic N) is 3. The van der Waals surface area contributed by atoms with E-state index in [4.69, 9.17) is 0 Å². The average molecular weight is 273 g/mol. The Balaban J connectivity index is 1.98. The first-order chi connectivity index (χ1) is 9.70. The van der Waals surface area contributed by atoms with E-state index in [9.17, 15) is 9.90 Å². The van der Waals surface area contributed by atoms with Crippen LogP contribution in [0.3, 0.4) is 0 Å². The minimum Gasteiger partial charge on any atom is -0.476 e. The smallest absolute Gasteiger partial charge is 0.356 e. The summed E-state index contributed by atoms with van der Waals surface area (Å²) in [4.78, 5) is 18.2. The van der Waals surface area contributed by atoms with Crippen molar-refractivity contribution >= 4 is 11.5 Å². The standard InChI is InChI=1S/C15H19N3O2/c1-2-17-9-6-11(7-10-17)14-16-13(15(19)20)12-5-3-4-8-18(12)14/h3-5,8,11H,2,6-7,9-10H2,1H3,(H,19,20). The Bertz CT molecular complexity index is 627. The summed E-state index contributed by atoms with van der Waals surface area (Å²) in [6.45, 7) is 5.37. The van der Waals surface area contributed by atoms with Crippen LogP contribution in [0.2, 0.25) is 0 Å². The molecule has 0 bridgehead atoms. The molecule has 1 fully saturated rings. The van der Waals surface area contributed by atoms with Crippen LogP contribution in [0.15, 0.2) is 24.4 Å². The molecule has 5 heteroatoms. The van der Waals surface area contributed by atoms with Gasteiger partial charge < -0.3 is 14.4 Å². The lowest BCUT2D eigenvalue weighted by atomic mass is 9.96. The normalized spacial score (nSPS) is 17.6. The predicted octanol–water partition coefficient (Wildman–Crippen LogP) is 2.23. The number of carboxylic acid groups (broad SMARTS) is 1. The lowest BCUT2D eigenvalue weighted by molar-refractivity contribution is 0.0693. The summed E-state index contributed by atoms with van der Waals surface area (Å²) >= 11 is 0. The topological polar surface area (TPSA) is 57.8 Å². The molecule has 106 valence electrons. The lowest BCUT2D eigenvalue weighted by Crippen LogP contribution is -2.33. The van der Waals surface area contributed by atoms with Gasteiger partial charge >= 0.3 is 5.97 Å². The third-order valence-corrected chi connectivity index (χ3v) is 4.18. The van der Waals surface area contributed by atoms with E-state index in [-0.39, 0.29) is 5.69 Å². The number of aromatic carboxylic acids is 1. The van der Waals surface area contributed by atoms with Crippen molar-refractivity contribution in [2.75, 3.05) is 19.6 Å². The fraction of sp³-hybridized carbons (Fsp3) is 0.467. The van der Waals surface area contributed by atoms with E-state index in [0.29, 0.717) is 11.4 Å². The second kappa shape index (κ2) is 5.25. The highest BCUT2D eigenvalue weighted by Gasteiger charge is 2.26. The SMILES string of the molecule is CCN1CCC(c2nc(C(=O)O)c3ccccn23)CC1. The zero-order valence-electron chi connectivity index (χ0n) is 11.6. The molecule has 3 heterocycles. The maximum absolute atomic E-state index is 11.3. The molecule has 1 aliphatic rings. The summed E-state index contributed by atoms with van der Waals surface area (Å²) in [7, 11) is 0. The van der Waals surface area contributed by atoms with Crippen LogP contribution in [-0.2, 0) is 0 Å². The number of hydrogen-bond donors (Lipinski definition) is 1. The molecule has 2 aromatic heterocycles. The zero-order chi connectivity index (χ0) is 14.1. The number of carboxylic acids is 1. The second-order valence-corrected chi connectivity index (χ2v) is 5.29. The molecule has 0 radical (unpaired) electrons. The number of aromatic nitrogens is 2. The first kappa shape index (κ1) is 13.1. The van der Waals surface area contributed by atoms with Crippen LogP contribution in [0, 0.1) is 0 Å². The summed E-state index contributed by atoms with van der Waals surface area (Å²) in [5.41, 5.74) is 0.853. The van der Waals surface area contributed by atoms with Gasteiger partial charge in [0.25, 0.3) is 0 Å². The van der Waals surface area contributed by atoms with Gasteiger partial charge in [0.15, 0.2) is 5.69 Å². The predicted molar refractivity (Wildman–Crippen MR) is 76.2 cm³/mol. The van der Waals surface area contributed by atoms with Crippen LogP contribution in [-0.4, -0.2) is 45.0 Å². The largest absolute Gasteiger partial charge is 0.476 e. The molecule has 2 aromatic rings. The van der Waals surface area contributed by atoms with E-state index in [2.05, 4.69) is 16.8 Å². The first-order valence-electron chi connectivity index (χ1n) is 7.13. The van der Waals surface area contributed by atoms with E-state index < -0.39 is 5.97 Å². The van der Waals surface area contributed by atoms with Gasteiger partial charge in [0.2, 0.25) is 0 Å². The molecule has 1 saturated heterocycles. The van der Waals surface area contributed by atoms with E-state index in [1.807, 2.05) is 28.8 Å². The molecule has 0 aromatic carbocycles. The molecule has 0 unspecified atom stereocenters. The van der Waals surface area contributed by atoms with E-state index in [1.54, 1.807) is 0 Å². The number of imidazole rings is 1. The van der Waals surface area contributed by atoms with Gasteiger partial charge in [-0.05, 0) is 44.6 Å².